The first-order valence-electron chi connectivity index (χ1n) is 9.81. The number of benzene rings is 4. The predicted molar refractivity (Wildman–Crippen MR) is 121 cm³/mol. The molecule has 0 bridgehead atoms. The normalized spacial score (nSPS) is 11.1. The van der Waals surface area contributed by atoms with Crippen molar-refractivity contribution in [2.75, 3.05) is 14.2 Å². The molecule has 148 valence electrons. The Balaban J connectivity index is 1.58. The van der Waals surface area contributed by atoms with Crippen LogP contribution in [-0.4, -0.2) is 19.2 Å². The molecule has 0 radical (unpaired) electrons. The number of pyridine rings is 1. The standard InChI is InChI=1S/C26H21NO3/c1-28-25-12-18-8-10-20-21-11-9-19(30-16-17-6-4-3-5-7-17)13-24(21)27-15-23(20)22(18)14-26(25)29-2/h3-15H,16H2,1-2H3. The lowest BCUT2D eigenvalue weighted by Crippen LogP contribution is -1.95. The first-order chi connectivity index (χ1) is 14.8. The molecule has 0 aliphatic carbocycles. The predicted octanol–water partition coefficient (Wildman–Crippen LogP) is 6.14. The number of aromatic nitrogens is 1. The number of hydrogen-bond acceptors (Lipinski definition) is 4. The van der Waals surface area contributed by atoms with Crippen molar-refractivity contribution in [3.63, 3.8) is 0 Å². The van der Waals surface area contributed by atoms with Crippen molar-refractivity contribution >= 4 is 32.4 Å². The molecule has 0 aliphatic heterocycles. The van der Waals surface area contributed by atoms with E-state index in [0.717, 1.165) is 49.5 Å². The van der Waals surface area contributed by atoms with E-state index in [1.807, 2.05) is 48.7 Å². The summed E-state index contributed by atoms with van der Waals surface area (Å²) >= 11 is 0. The Bertz CT molecular complexity index is 1360. The molecular formula is C26H21NO3. The third-order valence-corrected chi connectivity index (χ3v) is 5.41. The molecule has 30 heavy (non-hydrogen) atoms. The van der Waals surface area contributed by atoms with Gasteiger partial charge in [-0.15, -0.1) is 0 Å². The summed E-state index contributed by atoms with van der Waals surface area (Å²) in [5.74, 6) is 2.24. The fraction of sp³-hybridized carbons (Fsp3) is 0.115. The summed E-state index contributed by atoms with van der Waals surface area (Å²) in [6.45, 7) is 0.534. The highest BCUT2D eigenvalue weighted by Gasteiger charge is 2.11. The van der Waals surface area contributed by atoms with Crippen LogP contribution in [0.5, 0.6) is 17.2 Å². The van der Waals surface area contributed by atoms with Gasteiger partial charge in [-0.25, -0.2) is 0 Å². The first-order valence-corrected chi connectivity index (χ1v) is 9.81. The molecule has 0 atom stereocenters. The van der Waals surface area contributed by atoms with Crippen LogP contribution in [0.25, 0.3) is 32.4 Å². The highest BCUT2D eigenvalue weighted by Crippen LogP contribution is 2.37. The van der Waals surface area contributed by atoms with Gasteiger partial charge in [-0.3, -0.25) is 4.98 Å². The lowest BCUT2D eigenvalue weighted by molar-refractivity contribution is 0.306. The van der Waals surface area contributed by atoms with Crippen molar-refractivity contribution in [3.8, 4) is 17.2 Å². The third kappa shape index (κ3) is 3.16. The van der Waals surface area contributed by atoms with E-state index < -0.39 is 0 Å². The second-order valence-electron chi connectivity index (χ2n) is 7.17. The van der Waals surface area contributed by atoms with Crippen LogP contribution in [0.15, 0.2) is 79.0 Å². The van der Waals surface area contributed by atoms with E-state index in [2.05, 4.69) is 30.3 Å². The Kier molecular flexibility index (Phi) is 4.60. The van der Waals surface area contributed by atoms with Gasteiger partial charge in [0.05, 0.1) is 19.7 Å². The molecule has 0 fully saturated rings. The van der Waals surface area contributed by atoms with E-state index >= 15 is 0 Å². The zero-order chi connectivity index (χ0) is 20.5. The van der Waals surface area contributed by atoms with E-state index in [0.29, 0.717) is 12.4 Å². The van der Waals surface area contributed by atoms with Gasteiger partial charge in [0.2, 0.25) is 0 Å². The van der Waals surface area contributed by atoms with Crippen LogP contribution in [0.3, 0.4) is 0 Å². The van der Waals surface area contributed by atoms with Gasteiger partial charge in [-0.2, -0.15) is 0 Å². The van der Waals surface area contributed by atoms with Crippen LogP contribution in [0.1, 0.15) is 5.56 Å². The fourth-order valence-electron chi connectivity index (χ4n) is 3.86. The van der Waals surface area contributed by atoms with Crippen LogP contribution >= 0.6 is 0 Å². The highest BCUT2D eigenvalue weighted by molar-refractivity contribution is 6.16. The number of nitrogens with zero attached hydrogens (tertiary/aromatic N) is 1. The molecule has 0 saturated carbocycles. The van der Waals surface area contributed by atoms with Gasteiger partial charge in [0, 0.05) is 23.0 Å². The number of ether oxygens (including phenoxy) is 3. The van der Waals surface area contributed by atoms with Crippen LogP contribution in [-0.2, 0) is 6.61 Å². The quantitative estimate of drug-likeness (QED) is 0.335. The maximum atomic E-state index is 5.97. The average Bonchev–Trinajstić information content (AvgIpc) is 2.81. The van der Waals surface area contributed by atoms with Crippen molar-refractivity contribution < 1.29 is 14.2 Å². The van der Waals surface area contributed by atoms with Gasteiger partial charge in [-0.1, -0.05) is 42.5 Å². The molecule has 5 aromatic rings. The number of methoxy groups -OCH3 is 2. The molecule has 5 rings (SSSR count). The fourth-order valence-corrected chi connectivity index (χ4v) is 3.86. The van der Waals surface area contributed by atoms with Crippen molar-refractivity contribution in [2.45, 2.75) is 6.61 Å². The molecule has 0 aliphatic rings. The largest absolute Gasteiger partial charge is 0.493 e. The van der Waals surface area contributed by atoms with Gasteiger partial charge in [0.1, 0.15) is 12.4 Å². The van der Waals surface area contributed by atoms with Gasteiger partial charge in [-0.05, 0) is 46.0 Å². The summed E-state index contributed by atoms with van der Waals surface area (Å²) in [6.07, 6.45) is 1.92. The summed E-state index contributed by atoms with van der Waals surface area (Å²) < 4.78 is 16.9. The minimum absolute atomic E-state index is 0.534. The second-order valence-corrected chi connectivity index (χ2v) is 7.17. The van der Waals surface area contributed by atoms with E-state index in [-0.39, 0.29) is 0 Å². The second kappa shape index (κ2) is 7.56. The van der Waals surface area contributed by atoms with Gasteiger partial charge in [0.15, 0.2) is 11.5 Å². The Labute approximate surface area is 174 Å². The lowest BCUT2D eigenvalue weighted by Gasteiger charge is -2.12. The highest BCUT2D eigenvalue weighted by atomic mass is 16.5. The molecule has 0 N–H and O–H groups in total. The van der Waals surface area contributed by atoms with Crippen LogP contribution < -0.4 is 14.2 Å². The summed E-state index contributed by atoms with van der Waals surface area (Å²) in [6, 6.07) is 24.5. The van der Waals surface area contributed by atoms with E-state index in [4.69, 9.17) is 19.2 Å². The number of fused-ring (bicyclic) bond motifs is 5. The Hall–Kier alpha value is -3.79. The summed E-state index contributed by atoms with van der Waals surface area (Å²) in [5.41, 5.74) is 2.05. The molecule has 1 heterocycles. The zero-order valence-electron chi connectivity index (χ0n) is 16.9. The SMILES string of the molecule is COc1cc2ccc3c4ccc(OCc5ccccc5)cc4ncc3c2cc1OC. The minimum Gasteiger partial charge on any atom is -0.493 e. The molecule has 0 spiro atoms. The zero-order valence-corrected chi connectivity index (χ0v) is 16.9. The van der Waals surface area contributed by atoms with Crippen molar-refractivity contribution in [2.24, 2.45) is 0 Å². The van der Waals surface area contributed by atoms with E-state index in [9.17, 15) is 0 Å². The maximum Gasteiger partial charge on any atom is 0.161 e. The van der Waals surface area contributed by atoms with E-state index in [1.54, 1.807) is 14.2 Å². The molecule has 0 unspecified atom stereocenters. The van der Waals surface area contributed by atoms with Crippen LogP contribution in [0, 0.1) is 0 Å². The van der Waals surface area contributed by atoms with Gasteiger partial charge in [0.25, 0.3) is 0 Å². The van der Waals surface area contributed by atoms with Crippen molar-refractivity contribution in [1.29, 1.82) is 0 Å². The molecule has 4 heteroatoms. The summed E-state index contributed by atoms with van der Waals surface area (Å²) in [4.78, 5) is 4.72. The topological polar surface area (TPSA) is 40.6 Å². The molecule has 1 aromatic heterocycles. The average molecular weight is 395 g/mol. The van der Waals surface area contributed by atoms with Crippen LogP contribution in [0.4, 0.5) is 0 Å². The Morgan fingerprint density at radius 2 is 1.47 bits per heavy atom. The molecule has 4 aromatic carbocycles. The Morgan fingerprint density at radius 1 is 0.700 bits per heavy atom. The van der Waals surface area contributed by atoms with Gasteiger partial charge >= 0.3 is 0 Å². The molecule has 0 amide bonds. The summed E-state index contributed by atoms with van der Waals surface area (Å²) in [7, 11) is 3.30. The minimum atomic E-state index is 0.534. The van der Waals surface area contributed by atoms with Crippen molar-refractivity contribution in [1.82, 2.24) is 4.98 Å². The lowest BCUT2D eigenvalue weighted by atomic mass is 10.00. The van der Waals surface area contributed by atoms with Crippen LogP contribution in [0.2, 0.25) is 0 Å². The number of rotatable bonds is 5. The van der Waals surface area contributed by atoms with Gasteiger partial charge < -0.3 is 14.2 Å². The molecule has 0 saturated heterocycles. The Morgan fingerprint density at radius 3 is 2.27 bits per heavy atom. The smallest absolute Gasteiger partial charge is 0.161 e. The van der Waals surface area contributed by atoms with Crippen molar-refractivity contribution in [3.05, 3.63) is 84.6 Å². The monoisotopic (exact) mass is 395 g/mol. The molecule has 4 nitrogen and oxygen atoms in total. The third-order valence-electron chi connectivity index (χ3n) is 5.41. The number of hydrogen-bond donors (Lipinski definition) is 0. The summed E-state index contributed by atoms with van der Waals surface area (Å²) in [5, 5.41) is 5.50. The first kappa shape index (κ1) is 18.3. The molecular weight excluding hydrogens is 374 g/mol. The maximum absolute atomic E-state index is 5.97. The van der Waals surface area contributed by atoms with E-state index in [1.165, 1.54) is 0 Å².